The van der Waals surface area contributed by atoms with Crippen LogP contribution in [0.2, 0.25) is 0 Å². The van der Waals surface area contributed by atoms with E-state index in [-0.39, 0.29) is 12.5 Å². The minimum atomic E-state index is -0.924. The van der Waals surface area contributed by atoms with Crippen molar-refractivity contribution >= 4 is 11.9 Å². The van der Waals surface area contributed by atoms with Crippen molar-refractivity contribution < 1.29 is 14.7 Å². The quantitative estimate of drug-likeness (QED) is 0.552. The first-order valence-corrected chi connectivity index (χ1v) is 3.45. The smallest absolute Gasteiger partial charge is 0.319 e. The SMILES string of the molecule is O=C(O)CN1CCCC(=O)N1. The van der Waals surface area contributed by atoms with Crippen LogP contribution in [-0.2, 0) is 9.59 Å². The highest BCUT2D eigenvalue weighted by atomic mass is 16.4. The summed E-state index contributed by atoms with van der Waals surface area (Å²) in [4.78, 5) is 20.9. The van der Waals surface area contributed by atoms with Gasteiger partial charge < -0.3 is 5.11 Å². The molecule has 0 saturated carbocycles. The lowest BCUT2D eigenvalue weighted by Crippen LogP contribution is -2.48. The second-order valence-electron chi connectivity index (χ2n) is 2.45. The number of carbonyl (C=O) groups excluding carboxylic acids is 1. The summed E-state index contributed by atoms with van der Waals surface area (Å²) >= 11 is 0. The largest absolute Gasteiger partial charge is 0.480 e. The van der Waals surface area contributed by atoms with Crippen LogP contribution < -0.4 is 5.43 Å². The van der Waals surface area contributed by atoms with Crippen molar-refractivity contribution in [2.45, 2.75) is 12.8 Å². The van der Waals surface area contributed by atoms with Crippen LogP contribution >= 0.6 is 0 Å². The van der Waals surface area contributed by atoms with Crippen molar-refractivity contribution in [3.05, 3.63) is 0 Å². The van der Waals surface area contributed by atoms with Crippen LogP contribution in [0.4, 0.5) is 0 Å². The van der Waals surface area contributed by atoms with E-state index in [1.54, 1.807) is 0 Å². The van der Waals surface area contributed by atoms with E-state index in [0.29, 0.717) is 13.0 Å². The maximum Gasteiger partial charge on any atom is 0.319 e. The van der Waals surface area contributed by atoms with Crippen LogP contribution in [0.25, 0.3) is 0 Å². The number of carbonyl (C=O) groups is 2. The van der Waals surface area contributed by atoms with Crippen LogP contribution in [-0.4, -0.2) is 35.1 Å². The third-order valence-corrected chi connectivity index (χ3v) is 1.44. The fourth-order valence-electron chi connectivity index (χ4n) is 1.00. The van der Waals surface area contributed by atoms with Gasteiger partial charge in [0.1, 0.15) is 6.54 Å². The molecule has 0 aromatic carbocycles. The molecular formula is C6H10N2O3. The third-order valence-electron chi connectivity index (χ3n) is 1.44. The van der Waals surface area contributed by atoms with Crippen LogP contribution in [0.3, 0.4) is 0 Å². The van der Waals surface area contributed by atoms with Gasteiger partial charge in [-0.05, 0) is 6.42 Å². The highest BCUT2D eigenvalue weighted by Crippen LogP contribution is 1.99. The summed E-state index contributed by atoms with van der Waals surface area (Å²) in [6.45, 7) is 0.504. The van der Waals surface area contributed by atoms with E-state index in [1.807, 2.05) is 0 Å². The number of carboxylic acids is 1. The second kappa shape index (κ2) is 3.34. The molecule has 1 aliphatic rings. The average Bonchev–Trinajstić information content (AvgIpc) is 1.85. The lowest BCUT2D eigenvalue weighted by atomic mass is 10.2. The standard InChI is InChI=1S/C6H10N2O3/c9-5-2-1-3-8(7-5)4-6(10)11/h1-4H2,(H,7,9)(H,10,11). The second-order valence-corrected chi connectivity index (χ2v) is 2.45. The molecule has 1 saturated heterocycles. The van der Waals surface area contributed by atoms with E-state index in [1.165, 1.54) is 5.01 Å². The maximum atomic E-state index is 10.7. The Morgan fingerprint density at radius 3 is 3.00 bits per heavy atom. The summed E-state index contributed by atoms with van der Waals surface area (Å²) < 4.78 is 0. The fraction of sp³-hybridized carbons (Fsp3) is 0.667. The highest BCUT2D eigenvalue weighted by molar-refractivity contribution is 5.77. The molecule has 0 aliphatic carbocycles. The number of nitrogens with zero attached hydrogens (tertiary/aromatic N) is 1. The summed E-state index contributed by atoms with van der Waals surface area (Å²) in [7, 11) is 0. The molecule has 0 atom stereocenters. The molecule has 0 radical (unpaired) electrons. The number of rotatable bonds is 2. The number of carboxylic acid groups (broad SMARTS) is 1. The molecule has 1 rings (SSSR count). The molecule has 1 amide bonds. The zero-order valence-electron chi connectivity index (χ0n) is 6.04. The Bertz CT molecular complexity index is 179. The monoisotopic (exact) mass is 158 g/mol. The Morgan fingerprint density at radius 1 is 1.73 bits per heavy atom. The van der Waals surface area contributed by atoms with Gasteiger partial charge in [0.05, 0.1) is 0 Å². The van der Waals surface area contributed by atoms with Gasteiger partial charge in [-0.1, -0.05) is 0 Å². The van der Waals surface area contributed by atoms with Crippen molar-refractivity contribution in [3.8, 4) is 0 Å². The predicted octanol–water partition coefficient (Wildman–Crippen LogP) is -0.802. The molecule has 5 heteroatoms. The first kappa shape index (κ1) is 8.00. The topological polar surface area (TPSA) is 69.6 Å². The summed E-state index contributed by atoms with van der Waals surface area (Å²) in [5.41, 5.74) is 2.46. The Hall–Kier alpha value is -1.10. The van der Waals surface area contributed by atoms with Gasteiger partial charge in [-0.3, -0.25) is 15.0 Å². The number of aliphatic carboxylic acids is 1. The molecular weight excluding hydrogens is 148 g/mol. The van der Waals surface area contributed by atoms with Gasteiger partial charge in [-0.15, -0.1) is 0 Å². The Kier molecular flexibility index (Phi) is 2.43. The van der Waals surface area contributed by atoms with Crippen molar-refractivity contribution in [3.63, 3.8) is 0 Å². The number of hydrazine groups is 1. The molecule has 0 aromatic rings. The van der Waals surface area contributed by atoms with Crippen LogP contribution in [0.5, 0.6) is 0 Å². The fourth-order valence-corrected chi connectivity index (χ4v) is 1.00. The molecule has 1 aliphatic heterocycles. The molecule has 1 fully saturated rings. The number of nitrogens with one attached hydrogen (secondary N) is 1. The summed E-state index contributed by atoms with van der Waals surface area (Å²) in [6.07, 6.45) is 1.23. The minimum Gasteiger partial charge on any atom is -0.480 e. The first-order valence-electron chi connectivity index (χ1n) is 3.45. The predicted molar refractivity (Wildman–Crippen MR) is 36.6 cm³/mol. The molecule has 0 aromatic heterocycles. The van der Waals surface area contributed by atoms with E-state index in [4.69, 9.17) is 5.11 Å². The molecule has 11 heavy (non-hydrogen) atoms. The number of amides is 1. The molecule has 62 valence electrons. The molecule has 0 spiro atoms. The Balaban J connectivity index is 2.34. The van der Waals surface area contributed by atoms with E-state index in [2.05, 4.69) is 5.43 Å². The van der Waals surface area contributed by atoms with E-state index in [9.17, 15) is 9.59 Å². The van der Waals surface area contributed by atoms with E-state index < -0.39 is 5.97 Å². The molecule has 2 N–H and O–H groups in total. The van der Waals surface area contributed by atoms with Crippen molar-refractivity contribution in [2.75, 3.05) is 13.1 Å². The molecule has 0 unspecified atom stereocenters. The van der Waals surface area contributed by atoms with E-state index >= 15 is 0 Å². The highest BCUT2D eigenvalue weighted by Gasteiger charge is 2.16. The zero-order valence-corrected chi connectivity index (χ0v) is 6.04. The van der Waals surface area contributed by atoms with Crippen LogP contribution in [0.15, 0.2) is 0 Å². The summed E-state index contributed by atoms with van der Waals surface area (Å²) in [6, 6.07) is 0. The van der Waals surface area contributed by atoms with Crippen LogP contribution in [0, 0.1) is 0 Å². The molecule has 0 bridgehead atoms. The Morgan fingerprint density at radius 2 is 2.45 bits per heavy atom. The third kappa shape index (κ3) is 2.55. The lowest BCUT2D eigenvalue weighted by molar-refractivity contribution is -0.141. The van der Waals surface area contributed by atoms with Gasteiger partial charge in [0.2, 0.25) is 5.91 Å². The lowest BCUT2D eigenvalue weighted by Gasteiger charge is -2.25. The van der Waals surface area contributed by atoms with Crippen molar-refractivity contribution in [1.29, 1.82) is 0 Å². The Labute approximate surface area is 64.0 Å². The van der Waals surface area contributed by atoms with Gasteiger partial charge in [-0.25, -0.2) is 5.01 Å². The maximum absolute atomic E-state index is 10.7. The first-order chi connectivity index (χ1) is 5.18. The zero-order chi connectivity index (χ0) is 8.27. The van der Waals surface area contributed by atoms with Crippen molar-refractivity contribution in [1.82, 2.24) is 10.4 Å². The summed E-state index contributed by atoms with van der Waals surface area (Å²) in [5.74, 6) is -1.02. The minimum absolute atomic E-state index is 0.0995. The van der Waals surface area contributed by atoms with Crippen LogP contribution in [0.1, 0.15) is 12.8 Å². The van der Waals surface area contributed by atoms with Gasteiger partial charge in [-0.2, -0.15) is 0 Å². The summed E-state index contributed by atoms with van der Waals surface area (Å²) in [5, 5.41) is 9.77. The van der Waals surface area contributed by atoms with Gasteiger partial charge in [0.15, 0.2) is 0 Å². The molecule has 5 nitrogen and oxygen atoms in total. The van der Waals surface area contributed by atoms with Gasteiger partial charge in [0, 0.05) is 13.0 Å². The normalized spacial score (nSPS) is 19.5. The number of hydrogen-bond acceptors (Lipinski definition) is 3. The van der Waals surface area contributed by atoms with Gasteiger partial charge >= 0.3 is 5.97 Å². The average molecular weight is 158 g/mol. The van der Waals surface area contributed by atoms with Gasteiger partial charge in [0.25, 0.3) is 0 Å². The number of hydrogen-bond donors (Lipinski definition) is 2. The van der Waals surface area contributed by atoms with Crippen molar-refractivity contribution in [2.24, 2.45) is 0 Å². The molecule has 1 heterocycles. The van der Waals surface area contributed by atoms with E-state index in [0.717, 1.165) is 6.42 Å².